The van der Waals surface area contributed by atoms with Crippen LogP contribution >= 0.6 is 15.9 Å². The number of aromatic nitrogens is 1. The number of allylic oxidation sites excluding steroid dienone is 2. The van der Waals surface area contributed by atoms with Crippen LogP contribution in [0.4, 0.5) is 0 Å². The average Bonchev–Trinajstić information content (AvgIpc) is 2.20. The summed E-state index contributed by atoms with van der Waals surface area (Å²) in [6.07, 6.45) is 9.23. The zero-order valence-corrected chi connectivity index (χ0v) is 9.05. The van der Waals surface area contributed by atoms with Gasteiger partial charge in [0.05, 0.1) is 5.69 Å². The molecule has 0 aliphatic heterocycles. The summed E-state index contributed by atoms with van der Waals surface area (Å²) in [6.45, 7) is 0. The van der Waals surface area contributed by atoms with Crippen molar-refractivity contribution >= 4 is 21.5 Å². The first kappa shape index (κ1) is 8.95. The Balaban J connectivity index is 2.24. The summed E-state index contributed by atoms with van der Waals surface area (Å²) in [5, 5.41) is 0. The van der Waals surface area contributed by atoms with Crippen molar-refractivity contribution in [3.05, 3.63) is 34.6 Å². The van der Waals surface area contributed by atoms with Crippen molar-refractivity contribution in [1.29, 1.82) is 0 Å². The third kappa shape index (κ3) is 2.19. The number of hydrogen-bond donors (Lipinski definition) is 0. The van der Waals surface area contributed by atoms with Crippen LogP contribution in [-0.4, -0.2) is 4.98 Å². The van der Waals surface area contributed by atoms with Crippen LogP contribution in [0.3, 0.4) is 0 Å². The first-order valence-corrected chi connectivity index (χ1v) is 5.46. The molecule has 1 aromatic rings. The number of rotatable bonds is 1. The molecule has 0 amide bonds. The summed E-state index contributed by atoms with van der Waals surface area (Å²) >= 11 is 3.39. The molecule has 0 unspecified atom stereocenters. The van der Waals surface area contributed by atoms with Gasteiger partial charge >= 0.3 is 0 Å². The van der Waals surface area contributed by atoms with E-state index in [-0.39, 0.29) is 0 Å². The predicted octanol–water partition coefficient (Wildman–Crippen LogP) is 3.80. The third-order valence-electron chi connectivity index (χ3n) is 2.35. The Morgan fingerprint density at radius 1 is 1.23 bits per heavy atom. The molecule has 1 aliphatic rings. The fourth-order valence-corrected chi connectivity index (χ4v) is 1.87. The molecule has 0 N–H and O–H groups in total. The van der Waals surface area contributed by atoms with E-state index in [1.165, 1.54) is 31.3 Å². The van der Waals surface area contributed by atoms with Gasteiger partial charge in [-0.3, -0.25) is 4.98 Å². The Bertz CT molecular complexity index is 313. The highest BCUT2D eigenvalue weighted by Crippen LogP contribution is 2.25. The van der Waals surface area contributed by atoms with E-state index in [1.807, 2.05) is 6.20 Å². The van der Waals surface area contributed by atoms with Crippen LogP contribution in [0.1, 0.15) is 31.4 Å². The summed E-state index contributed by atoms with van der Waals surface area (Å²) in [5.41, 5.74) is 2.56. The van der Waals surface area contributed by atoms with Gasteiger partial charge in [-0.2, -0.15) is 0 Å². The van der Waals surface area contributed by atoms with Gasteiger partial charge in [-0.05, 0) is 59.3 Å². The monoisotopic (exact) mass is 237 g/mol. The smallest absolute Gasteiger partial charge is 0.0659 e. The van der Waals surface area contributed by atoms with Gasteiger partial charge in [0, 0.05) is 10.7 Å². The van der Waals surface area contributed by atoms with E-state index in [0.29, 0.717) is 0 Å². The van der Waals surface area contributed by atoms with Crippen LogP contribution in [0, 0.1) is 0 Å². The molecule has 68 valence electrons. The molecule has 1 aliphatic carbocycles. The van der Waals surface area contributed by atoms with Crippen LogP contribution in [-0.2, 0) is 0 Å². The van der Waals surface area contributed by atoms with Crippen molar-refractivity contribution in [2.24, 2.45) is 0 Å². The molecule has 2 heteroatoms. The molecular weight excluding hydrogens is 226 g/mol. The average molecular weight is 238 g/mol. The van der Waals surface area contributed by atoms with Gasteiger partial charge in [0.25, 0.3) is 0 Å². The lowest BCUT2D eigenvalue weighted by atomic mass is 9.97. The van der Waals surface area contributed by atoms with E-state index in [9.17, 15) is 0 Å². The topological polar surface area (TPSA) is 12.9 Å². The zero-order chi connectivity index (χ0) is 9.10. The lowest BCUT2D eigenvalue weighted by molar-refractivity contribution is 0.740. The van der Waals surface area contributed by atoms with Crippen LogP contribution in [0.2, 0.25) is 0 Å². The molecule has 0 bridgehead atoms. The maximum absolute atomic E-state index is 4.39. The Hall–Kier alpha value is -0.630. The maximum Gasteiger partial charge on any atom is 0.0659 e. The Kier molecular flexibility index (Phi) is 2.79. The van der Waals surface area contributed by atoms with Crippen LogP contribution in [0.15, 0.2) is 28.9 Å². The molecule has 13 heavy (non-hydrogen) atoms. The highest BCUT2D eigenvalue weighted by Gasteiger charge is 2.06. The fraction of sp³-hybridized carbons (Fsp3) is 0.364. The molecule has 0 atom stereocenters. The van der Waals surface area contributed by atoms with Crippen molar-refractivity contribution in [1.82, 2.24) is 4.98 Å². The molecule has 1 nitrogen and oxygen atoms in total. The fourth-order valence-electron chi connectivity index (χ4n) is 1.64. The molecule has 0 saturated heterocycles. The highest BCUT2D eigenvalue weighted by molar-refractivity contribution is 9.10. The van der Waals surface area contributed by atoms with Gasteiger partial charge in [-0.15, -0.1) is 0 Å². The van der Waals surface area contributed by atoms with E-state index in [1.54, 1.807) is 0 Å². The largest absolute Gasteiger partial charge is 0.255 e. The summed E-state index contributed by atoms with van der Waals surface area (Å²) < 4.78 is 1.05. The van der Waals surface area contributed by atoms with E-state index >= 15 is 0 Å². The first-order valence-electron chi connectivity index (χ1n) is 4.67. The molecule has 1 heterocycles. The quantitative estimate of drug-likeness (QED) is 0.725. The van der Waals surface area contributed by atoms with Crippen molar-refractivity contribution in [2.45, 2.75) is 25.7 Å². The normalized spacial score (nSPS) is 16.8. The minimum absolute atomic E-state index is 1.05. The van der Waals surface area contributed by atoms with Crippen LogP contribution < -0.4 is 0 Å². The summed E-state index contributed by atoms with van der Waals surface area (Å²) in [5.74, 6) is 0. The molecule has 0 spiro atoms. The summed E-state index contributed by atoms with van der Waals surface area (Å²) in [4.78, 5) is 4.39. The van der Waals surface area contributed by atoms with Gasteiger partial charge < -0.3 is 0 Å². The Labute approximate surface area is 87.0 Å². The van der Waals surface area contributed by atoms with Crippen LogP contribution in [0.5, 0.6) is 0 Å². The van der Waals surface area contributed by atoms with Crippen molar-refractivity contribution < 1.29 is 0 Å². The minimum atomic E-state index is 1.05. The van der Waals surface area contributed by atoms with E-state index in [0.717, 1.165) is 10.2 Å². The highest BCUT2D eigenvalue weighted by atomic mass is 79.9. The van der Waals surface area contributed by atoms with Crippen molar-refractivity contribution in [2.75, 3.05) is 0 Å². The molecule has 2 rings (SSSR count). The second kappa shape index (κ2) is 4.05. The third-order valence-corrected chi connectivity index (χ3v) is 2.82. The number of pyridine rings is 1. The second-order valence-corrected chi connectivity index (χ2v) is 4.25. The molecule has 0 radical (unpaired) electrons. The van der Waals surface area contributed by atoms with E-state index in [4.69, 9.17) is 0 Å². The van der Waals surface area contributed by atoms with Crippen molar-refractivity contribution in [3.8, 4) is 0 Å². The standard InChI is InChI=1S/C11H12BrN/c12-10-6-7-11(13-8-10)9-4-2-1-3-5-9/h4,6-8H,1-3,5H2. The van der Waals surface area contributed by atoms with Crippen molar-refractivity contribution in [3.63, 3.8) is 0 Å². The lowest BCUT2D eigenvalue weighted by Crippen LogP contribution is -1.93. The first-order chi connectivity index (χ1) is 6.36. The van der Waals surface area contributed by atoms with Gasteiger partial charge in [0.1, 0.15) is 0 Å². The summed E-state index contributed by atoms with van der Waals surface area (Å²) in [7, 11) is 0. The lowest BCUT2D eigenvalue weighted by Gasteiger charge is -2.11. The van der Waals surface area contributed by atoms with Gasteiger partial charge in [-0.25, -0.2) is 0 Å². The number of halogens is 1. The minimum Gasteiger partial charge on any atom is -0.255 e. The van der Waals surface area contributed by atoms with Crippen LogP contribution in [0.25, 0.3) is 5.57 Å². The molecule has 1 aromatic heterocycles. The zero-order valence-electron chi connectivity index (χ0n) is 7.46. The van der Waals surface area contributed by atoms with E-state index < -0.39 is 0 Å². The van der Waals surface area contributed by atoms with Gasteiger partial charge in [0.2, 0.25) is 0 Å². The SMILES string of the molecule is Brc1ccc(C2=CCCCC2)nc1. The number of hydrogen-bond acceptors (Lipinski definition) is 1. The predicted molar refractivity (Wildman–Crippen MR) is 58.4 cm³/mol. The molecular formula is C11H12BrN. The molecule has 0 saturated carbocycles. The Morgan fingerprint density at radius 2 is 2.15 bits per heavy atom. The van der Waals surface area contributed by atoms with E-state index in [2.05, 4.69) is 39.1 Å². The number of nitrogens with zero attached hydrogens (tertiary/aromatic N) is 1. The Morgan fingerprint density at radius 3 is 2.77 bits per heavy atom. The summed E-state index contributed by atoms with van der Waals surface area (Å²) in [6, 6.07) is 4.14. The van der Waals surface area contributed by atoms with Gasteiger partial charge in [-0.1, -0.05) is 6.08 Å². The van der Waals surface area contributed by atoms with Gasteiger partial charge in [0.15, 0.2) is 0 Å². The second-order valence-electron chi connectivity index (χ2n) is 3.34. The molecule has 0 aromatic carbocycles. The molecule has 0 fully saturated rings. The maximum atomic E-state index is 4.39.